The number of carbonyl (C=O) groups is 1. The lowest BCUT2D eigenvalue weighted by atomic mass is 10.3. The van der Waals surface area contributed by atoms with E-state index in [-0.39, 0.29) is 11.9 Å². The SMILES string of the molecule is CCOCCn1c(C(C)NC(=O)c2cccs2)nc2ccccc21. The highest BCUT2D eigenvalue weighted by Gasteiger charge is 2.19. The van der Waals surface area contributed by atoms with Crippen LogP contribution in [-0.2, 0) is 11.3 Å². The van der Waals surface area contributed by atoms with Crippen molar-refractivity contribution >= 4 is 28.3 Å². The number of nitrogens with zero attached hydrogens (tertiary/aromatic N) is 2. The number of para-hydroxylation sites is 2. The second-order valence-electron chi connectivity index (χ2n) is 5.48. The lowest BCUT2D eigenvalue weighted by molar-refractivity contribution is 0.0941. The summed E-state index contributed by atoms with van der Waals surface area (Å²) >= 11 is 1.44. The third-order valence-corrected chi connectivity index (χ3v) is 4.70. The Morgan fingerprint density at radius 2 is 2.17 bits per heavy atom. The summed E-state index contributed by atoms with van der Waals surface area (Å²) in [5.74, 6) is 0.779. The van der Waals surface area contributed by atoms with E-state index in [2.05, 4.69) is 9.88 Å². The van der Waals surface area contributed by atoms with Crippen molar-refractivity contribution in [3.63, 3.8) is 0 Å². The average Bonchev–Trinajstić information content (AvgIpc) is 3.23. The van der Waals surface area contributed by atoms with Crippen molar-refractivity contribution < 1.29 is 9.53 Å². The minimum Gasteiger partial charge on any atom is -0.380 e. The molecule has 5 nitrogen and oxygen atoms in total. The van der Waals surface area contributed by atoms with Crippen molar-refractivity contribution in [2.24, 2.45) is 0 Å². The zero-order valence-corrected chi connectivity index (χ0v) is 14.7. The van der Waals surface area contributed by atoms with Crippen LogP contribution in [0.15, 0.2) is 41.8 Å². The quantitative estimate of drug-likeness (QED) is 0.667. The van der Waals surface area contributed by atoms with E-state index in [1.165, 1.54) is 11.3 Å². The highest BCUT2D eigenvalue weighted by molar-refractivity contribution is 7.12. The summed E-state index contributed by atoms with van der Waals surface area (Å²) in [4.78, 5) is 17.7. The Morgan fingerprint density at radius 3 is 2.92 bits per heavy atom. The summed E-state index contributed by atoms with van der Waals surface area (Å²) in [6.45, 7) is 5.96. The Bertz CT molecular complexity index is 811. The third kappa shape index (κ3) is 3.49. The first-order valence-corrected chi connectivity index (χ1v) is 8.96. The predicted molar refractivity (Wildman–Crippen MR) is 96.4 cm³/mol. The van der Waals surface area contributed by atoms with Crippen LogP contribution in [0.25, 0.3) is 11.0 Å². The number of ether oxygens (including phenoxy) is 1. The number of thiophene rings is 1. The molecule has 24 heavy (non-hydrogen) atoms. The average molecular weight is 343 g/mol. The van der Waals surface area contributed by atoms with E-state index in [1.807, 2.05) is 55.6 Å². The molecule has 0 radical (unpaired) electrons. The molecule has 0 fully saturated rings. The molecule has 0 saturated carbocycles. The number of aromatic nitrogens is 2. The first-order chi connectivity index (χ1) is 11.7. The summed E-state index contributed by atoms with van der Waals surface area (Å²) in [7, 11) is 0. The molecule has 3 rings (SSSR count). The predicted octanol–water partition coefficient (Wildman–Crippen LogP) is 3.63. The Morgan fingerprint density at radius 1 is 1.33 bits per heavy atom. The molecule has 2 aromatic heterocycles. The summed E-state index contributed by atoms with van der Waals surface area (Å²) in [6.07, 6.45) is 0. The van der Waals surface area contributed by atoms with Crippen LogP contribution in [-0.4, -0.2) is 28.7 Å². The van der Waals surface area contributed by atoms with E-state index in [4.69, 9.17) is 9.72 Å². The summed E-state index contributed by atoms with van der Waals surface area (Å²) in [6, 6.07) is 11.5. The molecule has 0 spiro atoms. The molecule has 6 heteroatoms. The van der Waals surface area contributed by atoms with Crippen LogP contribution in [0.1, 0.15) is 35.4 Å². The van der Waals surface area contributed by atoms with Gasteiger partial charge in [-0.05, 0) is 37.4 Å². The maximum atomic E-state index is 12.3. The zero-order valence-electron chi connectivity index (χ0n) is 13.9. The molecule has 1 aromatic carbocycles. The van der Waals surface area contributed by atoms with Gasteiger partial charge in [-0.15, -0.1) is 11.3 Å². The molecule has 1 atom stereocenters. The van der Waals surface area contributed by atoms with Crippen LogP contribution >= 0.6 is 11.3 Å². The Labute approximate surface area is 145 Å². The zero-order chi connectivity index (χ0) is 16.9. The molecule has 3 aromatic rings. The highest BCUT2D eigenvalue weighted by atomic mass is 32.1. The van der Waals surface area contributed by atoms with Crippen molar-refractivity contribution in [3.8, 4) is 0 Å². The van der Waals surface area contributed by atoms with E-state index >= 15 is 0 Å². The van der Waals surface area contributed by atoms with Crippen molar-refractivity contribution in [3.05, 3.63) is 52.5 Å². The number of rotatable bonds is 7. The molecule has 0 aliphatic carbocycles. The van der Waals surface area contributed by atoms with E-state index < -0.39 is 0 Å². The number of amides is 1. The molecular weight excluding hydrogens is 322 g/mol. The maximum absolute atomic E-state index is 12.3. The number of fused-ring (bicyclic) bond motifs is 1. The lowest BCUT2D eigenvalue weighted by Crippen LogP contribution is -2.28. The molecular formula is C18H21N3O2S. The van der Waals surface area contributed by atoms with Gasteiger partial charge in [0.15, 0.2) is 0 Å². The standard InChI is InChI=1S/C18H21N3O2S/c1-3-23-11-10-21-15-8-5-4-7-14(15)20-17(21)13(2)19-18(22)16-9-6-12-24-16/h4-9,12-13H,3,10-11H2,1-2H3,(H,19,22). The second-order valence-corrected chi connectivity index (χ2v) is 6.43. The fourth-order valence-corrected chi connectivity index (χ4v) is 3.33. The Balaban J connectivity index is 1.86. The number of hydrogen-bond acceptors (Lipinski definition) is 4. The minimum absolute atomic E-state index is 0.0686. The van der Waals surface area contributed by atoms with Crippen LogP contribution in [0.2, 0.25) is 0 Å². The molecule has 126 valence electrons. The van der Waals surface area contributed by atoms with Crippen molar-refractivity contribution in [2.45, 2.75) is 26.4 Å². The number of hydrogen-bond donors (Lipinski definition) is 1. The number of nitrogens with one attached hydrogen (secondary N) is 1. The van der Waals surface area contributed by atoms with Gasteiger partial charge in [-0.2, -0.15) is 0 Å². The monoisotopic (exact) mass is 343 g/mol. The first-order valence-electron chi connectivity index (χ1n) is 8.08. The van der Waals surface area contributed by atoms with Gasteiger partial charge in [-0.1, -0.05) is 18.2 Å². The molecule has 0 bridgehead atoms. The highest BCUT2D eigenvalue weighted by Crippen LogP contribution is 2.21. The molecule has 0 saturated heterocycles. The van der Waals surface area contributed by atoms with Crippen molar-refractivity contribution in [2.75, 3.05) is 13.2 Å². The van der Waals surface area contributed by atoms with Crippen LogP contribution in [0.3, 0.4) is 0 Å². The van der Waals surface area contributed by atoms with E-state index in [9.17, 15) is 4.79 Å². The first kappa shape index (κ1) is 16.7. The van der Waals surface area contributed by atoms with E-state index in [0.29, 0.717) is 24.6 Å². The number of benzene rings is 1. The van der Waals surface area contributed by atoms with Crippen LogP contribution < -0.4 is 5.32 Å². The smallest absolute Gasteiger partial charge is 0.261 e. The minimum atomic E-state index is -0.186. The summed E-state index contributed by atoms with van der Waals surface area (Å²) in [5, 5.41) is 4.94. The van der Waals surface area contributed by atoms with Gasteiger partial charge in [0.2, 0.25) is 0 Å². The van der Waals surface area contributed by atoms with Crippen LogP contribution in [0, 0.1) is 0 Å². The normalized spacial score (nSPS) is 12.4. The van der Waals surface area contributed by atoms with Crippen LogP contribution in [0.5, 0.6) is 0 Å². The fourth-order valence-electron chi connectivity index (χ4n) is 2.70. The Hall–Kier alpha value is -2.18. The molecule has 1 unspecified atom stereocenters. The summed E-state index contributed by atoms with van der Waals surface area (Å²) < 4.78 is 7.63. The lowest BCUT2D eigenvalue weighted by Gasteiger charge is -2.16. The molecule has 0 aliphatic rings. The molecule has 2 heterocycles. The Kier molecular flexibility index (Phi) is 5.27. The topological polar surface area (TPSA) is 56.1 Å². The molecule has 1 N–H and O–H groups in total. The van der Waals surface area contributed by atoms with Crippen molar-refractivity contribution in [1.29, 1.82) is 0 Å². The van der Waals surface area contributed by atoms with Crippen LogP contribution in [0.4, 0.5) is 0 Å². The maximum Gasteiger partial charge on any atom is 0.261 e. The van der Waals surface area contributed by atoms with Gasteiger partial charge in [0, 0.05) is 13.2 Å². The number of imidazole rings is 1. The second kappa shape index (κ2) is 7.59. The summed E-state index contributed by atoms with van der Waals surface area (Å²) in [5.41, 5.74) is 1.99. The van der Waals surface area contributed by atoms with Gasteiger partial charge in [0.25, 0.3) is 5.91 Å². The number of carbonyl (C=O) groups excluding carboxylic acids is 1. The molecule has 0 aliphatic heterocycles. The van der Waals surface area contributed by atoms with E-state index in [0.717, 1.165) is 16.9 Å². The van der Waals surface area contributed by atoms with Crippen molar-refractivity contribution in [1.82, 2.24) is 14.9 Å². The van der Waals surface area contributed by atoms with Gasteiger partial charge in [0.1, 0.15) is 5.82 Å². The molecule has 1 amide bonds. The van der Waals surface area contributed by atoms with Gasteiger partial charge >= 0.3 is 0 Å². The van der Waals surface area contributed by atoms with Gasteiger partial charge in [-0.25, -0.2) is 4.98 Å². The fraction of sp³-hybridized carbons (Fsp3) is 0.333. The van der Waals surface area contributed by atoms with Gasteiger partial charge < -0.3 is 14.6 Å². The van der Waals surface area contributed by atoms with E-state index in [1.54, 1.807) is 0 Å². The largest absolute Gasteiger partial charge is 0.380 e. The van der Waals surface area contributed by atoms with Gasteiger partial charge in [0.05, 0.1) is 28.6 Å². The van der Waals surface area contributed by atoms with Gasteiger partial charge in [-0.3, -0.25) is 4.79 Å². The third-order valence-electron chi connectivity index (χ3n) is 3.83.